The summed E-state index contributed by atoms with van der Waals surface area (Å²) in [6.07, 6.45) is 4.75. The molecule has 2 aliphatic heterocycles. The van der Waals surface area contributed by atoms with Crippen LogP contribution in [0.5, 0.6) is 11.5 Å². The largest absolute Gasteiger partial charge is 0.497 e. The molecule has 1 aromatic rings. The Hall–Kier alpha value is -2.28. The van der Waals surface area contributed by atoms with Crippen LogP contribution < -0.4 is 14.8 Å². The maximum atomic E-state index is 12.4. The van der Waals surface area contributed by atoms with Gasteiger partial charge in [-0.1, -0.05) is 0 Å². The van der Waals surface area contributed by atoms with Crippen LogP contribution in [-0.4, -0.2) is 56.7 Å². The normalized spacial score (nSPS) is 20.1. The minimum atomic E-state index is -0.234. The predicted octanol–water partition coefficient (Wildman–Crippen LogP) is 2.84. The van der Waals surface area contributed by atoms with Crippen molar-refractivity contribution in [2.75, 3.05) is 39.2 Å². The third-order valence-corrected chi connectivity index (χ3v) is 5.59. The summed E-state index contributed by atoms with van der Waals surface area (Å²) in [6.45, 7) is 2.22. The van der Waals surface area contributed by atoms with Crippen molar-refractivity contribution in [1.29, 1.82) is 0 Å². The maximum Gasteiger partial charge on any atom is 0.251 e. The van der Waals surface area contributed by atoms with Gasteiger partial charge in [0.1, 0.15) is 17.6 Å². The molecule has 7 heteroatoms. The Balaban J connectivity index is 1.41. The van der Waals surface area contributed by atoms with Crippen molar-refractivity contribution in [2.45, 2.75) is 44.6 Å². The van der Waals surface area contributed by atoms with Gasteiger partial charge in [0.25, 0.3) is 5.91 Å². The van der Waals surface area contributed by atoms with Gasteiger partial charge in [-0.3, -0.25) is 9.59 Å². The van der Waals surface area contributed by atoms with Gasteiger partial charge in [-0.15, -0.1) is 0 Å². The lowest BCUT2D eigenvalue weighted by Crippen LogP contribution is -2.43. The first kappa shape index (κ1) is 20.5. The van der Waals surface area contributed by atoms with Crippen LogP contribution in [0.1, 0.15) is 38.5 Å². The summed E-state index contributed by atoms with van der Waals surface area (Å²) in [5.41, 5.74) is 0.644. The minimum absolute atomic E-state index is 0.0265. The lowest BCUT2D eigenvalue weighted by Gasteiger charge is -2.33. The van der Waals surface area contributed by atoms with E-state index in [0.29, 0.717) is 36.1 Å². The molecule has 0 aromatic heterocycles. The number of ether oxygens (including phenoxy) is 3. The van der Waals surface area contributed by atoms with Gasteiger partial charge in [0.15, 0.2) is 0 Å². The molecule has 2 amide bonds. The van der Waals surface area contributed by atoms with Crippen molar-refractivity contribution in [1.82, 2.24) is 4.90 Å². The molecule has 7 nitrogen and oxygen atoms in total. The number of piperidine rings is 1. The van der Waals surface area contributed by atoms with E-state index in [9.17, 15) is 9.59 Å². The molecule has 0 spiro atoms. The summed E-state index contributed by atoms with van der Waals surface area (Å²) < 4.78 is 16.0. The molecule has 0 radical (unpaired) electrons. The topological polar surface area (TPSA) is 77.1 Å². The maximum absolute atomic E-state index is 12.4. The van der Waals surface area contributed by atoms with Crippen molar-refractivity contribution in [3.05, 3.63) is 18.2 Å². The number of benzene rings is 1. The van der Waals surface area contributed by atoms with Crippen LogP contribution >= 0.6 is 0 Å². The van der Waals surface area contributed by atoms with E-state index in [2.05, 4.69) is 5.32 Å². The zero-order chi connectivity index (χ0) is 19.9. The fourth-order valence-corrected chi connectivity index (χ4v) is 3.87. The Morgan fingerprint density at radius 1 is 1.18 bits per heavy atom. The molecule has 2 heterocycles. The molecule has 0 saturated carbocycles. The van der Waals surface area contributed by atoms with Crippen LogP contribution in [0.25, 0.3) is 0 Å². The number of carbonyl (C=O) groups is 2. The Morgan fingerprint density at radius 3 is 2.61 bits per heavy atom. The molecule has 154 valence electrons. The highest BCUT2D eigenvalue weighted by Crippen LogP contribution is 2.30. The molecule has 2 saturated heterocycles. The van der Waals surface area contributed by atoms with E-state index in [1.165, 1.54) is 0 Å². The Labute approximate surface area is 166 Å². The van der Waals surface area contributed by atoms with E-state index in [0.717, 1.165) is 45.2 Å². The molecule has 0 unspecified atom stereocenters. The first-order valence-electron chi connectivity index (χ1n) is 10.0. The number of hydrogen-bond donors (Lipinski definition) is 1. The van der Waals surface area contributed by atoms with Crippen LogP contribution in [-0.2, 0) is 14.3 Å². The van der Waals surface area contributed by atoms with Crippen molar-refractivity contribution >= 4 is 17.5 Å². The number of nitrogens with one attached hydrogen (secondary N) is 1. The number of anilines is 1. The van der Waals surface area contributed by atoms with Crippen molar-refractivity contribution < 1.29 is 23.8 Å². The van der Waals surface area contributed by atoms with Crippen LogP contribution in [0.15, 0.2) is 18.2 Å². The van der Waals surface area contributed by atoms with Gasteiger partial charge in [-0.25, -0.2) is 0 Å². The molecule has 0 bridgehead atoms. The lowest BCUT2D eigenvalue weighted by atomic mass is 9.91. The molecule has 1 N–H and O–H groups in total. The molecule has 1 aromatic carbocycles. The molecular formula is C21H30N2O5. The second-order valence-electron chi connectivity index (χ2n) is 7.42. The van der Waals surface area contributed by atoms with Gasteiger partial charge >= 0.3 is 0 Å². The minimum Gasteiger partial charge on any atom is -0.497 e. The molecule has 28 heavy (non-hydrogen) atoms. The Bertz CT molecular complexity index is 679. The Morgan fingerprint density at radius 2 is 1.96 bits per heavy atom. The molecule has 3 rings (SSSR count). The number of carbonyl (C=O) groups excluding carboxylic acids is 2. The molecular weight excluding hydrogens is 360 g/mol. The molecule has 2 fully saturated rings. The molecule has 1 atom stereocenters. The number of nitrogens with zero attached hydrogens (tertiary/aromatic N) is 1. The van der Waals surface area contributed by atoms with Crippen LogP contribution in [0, 0.1) is 5.92 Å². The number of hydrogen-bond acceptors (Lipinski definition) is 5. The average Bonchev–Trinajstić information content (AvgIpc) is 3.27. The van der Waals surface area contributed by atoms with Gasteiger partial charge < -0.3 is 24.4 Å². The van der Waals surface area contributed by atoms with E-state index in [1.54, 1.807) is 32.4 Å². The zero-order valence-corrected chi connectivity index (χ0v) is 16.7. The number of amides is 2. The second kappa shape index (κ2) is 9.78. The second-order valence-corrected chi connectivity index (χ2v) is 7.42. The van der Waals surface area contributed by atoms with Gasteiger partial charge in [0, 0.05) is 32.2 Å². The lowest BCUT2D eigenvalue weighted by molar-refractivity contribution is -0.142. The van der Waals surface area contributed by atoms with Gasteiger partial charge in [-0.05, 0) is 50.2 Å². The summed E-state index contributed by atoms with van der Waals surface area (Å²) in [4.78, 5) is 26.7. The third kappa shape index (κ3) is 5.16. The fraction of sp³-hybridized carbons (Fsp3) is 0.619. The fourth-order valence-electron chi connectivity index (χ4n) is 3.87. The van der Waals surface area contributed by atoms with E-state index < -0.39 is 0 Å². The first-order chi connectivity index (χ1) is 13.6. The highest BCUT2D eigenvalue weighted by molar-refractivity contribution is 5.92. The third-order valence-electron chi connectivity index (χ3n) is 5.59. The average molecular weight is 390 g/mol. The van der Waals surface area contributed by atoms with Gasteiger partial charge in [-0.2, -0.15) is 0 Å². The van der Waals surface area contributed by atoms with E-state index in [-0.39, 0.29) is 17.9 Å². The van der Waals surface area contributed by atoms with E-state index >= 15 is 0 Å². The summed E-state index contributed by atoms with van der Waals surface area (Å²) in [7, 11) is 3.16. The molecule has 2 aliphatic rings. The van der Waals surface area contributed by atoms with Crippen LogP contribution in [0.3, 0.4) is 0 Å². The predicted molar refractivity (Wildman–Crippen MR) is 106 cm³/mol. The quantitative estimate of drug-likeness (QED) is 0.775. The molecule has 0 aliphatic carbocycles. The van der Waals surface area contributed by atoms with Crippen LogP contribution in [0.4, 0.5) is 5.69 Å². The highest BCUT2D eigenvalue weighted by Gasteiger charge is 2.30. The summed E-state index contributed by atoms with van der Waals surface area (Å²) >= 11 is 0. The summed E-state index contributed by atoms with van der Waals surface area (Å²) in [5.74, 6) is 1.84. The number of rotatable bonds is 7. The van der Waals surface area contributed by atoms with Crippen molar-refractivity contribution in [2.24, 2.45) is 5.92 Å². The van der Waals surface area contributed by atoms with Crippen molar-refractivity contribution in [3.63, 3.8) is 0 Å². The van der Waals surface area contributed by atoms with E-state index in [4.69, 9.17) is 14.2 Å². The monoisotopic (exact) mass is 390 g/mol. The van der Waals surface area contributed by atoms with Crippen LogP contribution in [0.2, 0.25) is 0 Å². The van der Waals surface area contributed by atoms with E-state index in [1.807, 2.05) is 4.90 Å². The first-order valence-corrected chi connectivity index (χ1v) is 10.0. The zero-order valence-electron chi connectivity index (χ0n) is 16.7. The summed E-state index contributed by atoms with van der Waals surface area (Å²) in [5, 5.41) is 2.92. The van der Waals surface area contributed by atoms with Crippen molar-refractivity contribution in [3.8, 4) is 11.5 Å². The van der Waals surface area contributed by atoms with Gasteiger partial charge in [0.05, 0.1) is 19.9 Å². The highest BCUT2D eigenvalue weighted by atomic mass is 16.5. The Kier molecular flexibility index (Phi) is 7.14. The summed E-state index contributed by atoms with van der Waals surface area (Å²) in [6, 6.07) is 5.32. The smallest absolute Gasteiger partial charge is 0.251 e. The number of likely N-dealkylation sites (tertiary alicyclic amines) is 1. The van der Waals surface area contributed by atoms with Gasteiger partial charge in [0.2, 0.25) is 5.91 Å². The number of methoxy groups -OCH3 is 2. The standard InChI is InChI=1S/C21H30N2O5/c1-26-16-6-7-17(19(14-16)27-2)22-20(24)8-5-15-9-11-23(12-10-15)21(25)18-4-3-13-28-18/h6-7,14-15,18H,3-5,8-13H2,1-2H3,(H,22,24)/t18-/m1/s1. The SMILES string of the molecule is COc1ccc(NC(=O)CCC2CCN(C(=O)[C@H]3CCCO3)CC2)c(OC)c1.